The van der Waals surface area contributed by atoms with E-state index in [1.165, 1.54) is 0 Å². The molecule has 172 valence electrons. The van der Waals surface area contributed by atoms with Crippen LogP contribution in [0.25, 0.3) is 11.3 Å². The first-order valence-corrected chi connectivity index (χ1v) is 10.9. The highest BCUT2D eigenvalue weighted by atomic mass is 19.1. The molecule has 1 aliphatic rings. The van der Waals surface area contributed by atoms with Crippen LogP contribution in [-0.4, -0.2) is 15.9 Å². The number of carbonyl (C=O) groups excluding carboxylic acids is 1. The number of carbonyl (C=O) groups is 1. The topological polar surface area (TPSA) is 80.9 Å². The largest absolute Gasteiger partial charge is 0.397 e. The smallest absolute Gasteiger partial charge is 0.276 e. The molecular formula is C25H25F3N4O. The number of amides is 1. The fourth-order valence-electron chi connectivity index (χ4n) is 4.83. The third kappa shape index (κ3) is 4.69. The predicted molar refractivity (Wildman–Crippen MR) is 121 cm³/mol. The number of pyridine rings is 2. The van der Waals surface area contributed by atoms with E-state index in [9.17, 15) is 18.0 Å². The van der Waals surface area contributed by atoms with Gasteiger partial charge < -0.3 is 11.1 Å². The molecular weight excluding hydrogens is 429 g/mol. The Kier molecular flexibility index (Phi) is 6.35. The monoisotopic (exact) mass is 454 g/mol. The van der Waals surface area contributed by atoms with Crippen LogP contribution in [0.3, 0.4) is 0 Å². The Morgan fingerprint density at radius 2 is 1.70 bits per heavy atom. The molecule has 1 fully saturated rings. The van der Waals surface area contributed by atoms with Gasteiger partial charge in [-0.15, -0.1) is 0 Å². The van der Waals surface area contributed by atoms with Crippen molar-refractivity contribution in [3.05, 3.63) is 71.4 Å². The van der Waals surface area contributed by atoms with Gasteiger partial charge in [0.2, 0.25) is 0 Å². The molecule has 1 aliphatic carbocycles. The van der Waals surface area contributed by atoms with Gasteiger partial charge in [0, 0.05) is 12.3 Å². The zero-order valence-electron chi connectivity index (χ0n) is 18.4. The molecule has 1 amide bonds. The Labute approximate surface area is 190 Å². The van der Waals surface area contributed by atoms with E-state index < -0.39 is 34.6 Å². The van der Waals surface area contributed by atoms with Crippen molar-refractivity contribution in [2.75, 3.05) is 11.1 Å². The number of nitrogens with one attached hydrogen (secondary N) is 1. The Morgan fingerprint density at radius 1 is 1.03 bits per heavy atom. The van der Waals surface area contributed by atoms with Crippen LogP contribution < -0.4 is 11.1 Å². The highest BCUT2D eigenvalue weighted by Crippen LogP contribution is 2.41. The van der Waals surface area contributed by atoms with E-state index in [0.29, 0.717) is 17.5 Å². The van der Waals surface area contributed by atoms with Crippen LogP contribution in [0.1, 0.15) is 55.1 Å². The Bertz CT molecular complexity index is 1170. The van der Waals surface area contributed by atoms with Crippen molar-refractivity contribution in [1.82, 2.24) is 9.97 Å². The zero-order valence-corrected chi connectivity index (χ0v) is 18.4. The Balaban J connectivity index is 1.68. The molecule has 0 spiro atoms. The molecule has 1 saturated carbocycles. The van der Waals surface area contributed by atoms with E-state index in [4.69, 9.17) is 5.73 Å². The van der Waals surface area contributed by atoms with E-state index in [-0.39, 0.29) is 17.3 Å². The summed E-state index contributed by atoms with van der Waals surface area (Å²) in [5.74, 6) is -2.35. The van der Waals surface area contributed by atoms with E-state index >= 15 is 0 Å². The maximum Gasteiger partial charge on any atom is 0.276 e. The number of halogens is 3. The van der Waals surface area contributed by atoms with Crippen LogP contribution in [-0.2, 0) is 0 Å². The summed E-state index contributed by atoms with van der Waals surface area (Å²) in [6.07, 6.45) is 6.37. The van der Waals surface area contributed by atoms with Crippen LogP contribution >= 0.6 is 0 Å². The lowest BCUT2D eigenvalue weighted by Gasteiger charge is -2.32. The molecule has 3 aromatic rings. The predicted octanol–water partition coefficient (Wildman–Crippen LogP) is 5.94. The minimum atomic E-state index is -1.03. The van der Waals surface area contributed by atoms with Gasteiger partial charge in [0.25, 0.3) is 5.91 Å². The third-order valence-electron chi connectivity index (χ3n) is 6.14. The lowest BCUT2D eigenvalue weighted by Crippen LogP contribution is -2.22. The van der Waals surface area contributed by atoms with Crippen LogP contribution in [0.5, 0.6) is 0 Å². The average molecular weight is 454 g/mol. The van der Waals surface area contributed by atoms with Crippen molar-refractivity contribution >= 4 is 17.3 Å². The van der Waals surface area contributed by atoms with Crippen molar-refractivity contribution in [1.29, 1.82) is 0 Å². The molecule has 3 atom stereocenters. The second kappa shape index (κ2) is 9.21. The van der Waals surface area contributed by atoms with E-state index in [1.54, 1.807) is 12.4 Å². The van der Waals surface area contributed by atoms with Crippen molar-refractivity contribution in [2.45, 2.75) is 39.0 Å². The molecule has 0 aliphatic heterocycles. The fourth-order valence-corrected chi connectivity index (χ4v) is 4.83. The highest BCUT2D eigenvalue weighted by Gasteiger charge is 2.28. The van der Waals surface area contributed by atoms with Gasteiger partial charge in [0.15, 0.2) is 11.5 Å². The molecule has 1 aromatic carbocycles. The standard InChI is InChI=1S/C25H25F3N4O/c1-13-8-14(2)10-15(9-13)16-6-7-30-12-21(16)31-25(33)24-20(29)11-19(28)23(32-24)22-17(26)4-3-5-18(22)27/h3-7,11-15H,8-10,29H2,1-2H3,(H,31,33)/t13-,14+,15?. The van der Waals surface area contributed by atoms with Crippen LogP contribution in [0.4, 0.5) is 24.5 Å². The third-order valence-corrected chi connectivity index (χ3v) is 6.14. The van der Waals surface area contributed by atoms with Crippen LogP contribution in [0.2, 0.25) is 0 Å². The maximum atomic E-state index is 14.5. The quantitative estimate of drug-likeness (QED) is 0.512. The van der Waals surface area contributed by atoms with Gasteiger partial charge in [-0.3, -0.25) is 9.78 Å². The van der Waals surface area contributed by atoms with E-state index in [1.807, 2.05) is 6.07 Å². The summed E-state index contributed by atoms with van der Waals surface area (Å²) in [7, 11) is 0. The Hall–Kier alpha value is -3.42. The number of nitrogens with zero attached hydrogens (tertiary/aromatic N) is 2. The second-order valence-corrected chi connectivity index (χ2v) is 8.88. The lowest BCUT2D eigenvalue weighted by molar-refractivity contribution is 0.102. The van der Waals surface area contributed by atoms with Crippen molar-refractivity contribution < 1.29 is 18.0 Å². The number of rotatable bonds is 4. The summed E-state index contributed by atoms with van der Waals surface area (Å²) < 4.78 is 43.0. The van der Waals surface area contributed by atoms with Crippen molar-refractivity contribution in [3.63, 3.8) is 0 Å². The fraction of sp³-hybridized carbons (Fsp3) is 0.320. The first kappa shape index (κ1) is 22.8. The number of anilines is 2. The molecule has 4 rings (SSSR count). The van der Waals surface area contributed by atoms with E-state index in [2.05, 4.69) is 29.1 Å². The molecule has 33 heavy (non-hydrogen) atoms. The van der Waals surface area contributed by atoms with Crippen LogP contribution in [0.15, 0.2) is 42.7 Å². The summed E-state index contributed by atoms with van der Waals surface area (Å²) >= 11 is 0. The minimum Gasteiger partial charge on any atom is -0.397 e. The Morgan fingerprint density at radius 3 is 2.36 bits per heavy atom. The number of aromatic nitrogens is 2. The van der Waals surface area contributed by atoms with Gasteiger partial charge in [0.05, 0.1) is 23.1 Å². The molecule has 8 heteroatoms. The number of benzene rings is 1. The normalized spacial score (nSPS) is 20.5. The summed E-state index contributed by atoms with van der Waals surface area (Å²) in [5, 5.41) is 2.77. The highest BCUT2D eigenvalue weighted by molar-refractivity contribution is 6.06. The zero-order chi connectivity index (χ0) is 23.7. The molecule has 0 saturated heterocycles. The molecule has 5 nitrogen and oxygen atoms in total. The van der Waals surface area contributed by atoms with Crippen molar-refractivity contribution in [3.8, 4) is 11.3 Å². The second-order valence-electron chi connectivity index (χ2n) is 8.88. The van der Waals surface area contributed by atoms with E-state index in [0.717, 1.165) is 49.1 Å². The number of hydrogen-bond acceptors (Lipinski definition) is 4. The molecule has 3 N–H and O–H groups in total. The van der Waals surface area contributed by atoms with Gasteiger partial charge in [-0.1, -0.05) is 19.9 Å². The SMILES string of the molecule is C[C@@H]1CC(c2ccncc2NC(=O)c2nc(-c3c(F)cccc3F)c(F)cc2N)C[C@H](C)C1. The summed E-state index contributed by atoms with van der Waals surface area (Å²) in [6, 6.07) is 5.87. The first-order chi connectivity index (χ1) is 15.7. The van der Waals surface area contributed by atoms with Gasteiger partial charge >= 0.3 is 0 Å². The summed E-state index contributed by atoms with van der Waals surface area (Å²) in [6.45, 7) is 4.43. The molecule has 0 radical (unpaired) electrons. The number of nitrogen functional groups attached to an aromatic ring is 1. The minimum absolute atomic E-state index is 0.240. The van der Waals surface area contributed by atoms with Gasteiger partial charge in [0.1, 0.15) is 17.3 Å². The lowest BCUT2D eigenvalue weighted by atomic mass is 9.74. The van der Waals surface area contributed by atoms with Crippen LogP contribution in [0, 0.1) is 29.3 Å². The summed E-state index contributed by atoms with van der Waals surface area (Å²) in [5.41, 5.74) is 5.48. The van der Waals surface area contributed by atoms with Gasteiger partial charge in [-0.2, -0.15) is 0 Å². The number of hydrogen-bond donors (Lipinski definition) is 2. The van der Waals surface area contributed by atoms with Gasteiger partial charge in [-0.25, -0.2) is 18.2 Å². The maximum absolute atomic E-state index is 14.5. The molecule has 2 aromatic heterocycles. The molecule has 2 heterocycles. The van der Waals surface area contributed by atoms with Crippen molar-refractivity contribution in [2.24, 2.45) is 11.8 Å². The number of nitrogens with two attached hydrogens (primary N) is 1. The molecule has 1 unspecified atom stereocenters. The average Bonchev–Trinajstić information content (AvgIpc) is 2.74. The van der Waals surface area contributed by atoms with Gasteiger partial charge in [-0.05, 0) is 60.8 Å². The molecule has 0 bridgehead atoms. The summed E-state index contributed by atoms with van der Waals surface area (Å²) in [4.78, 5) is 21.1. The first-order valence-electron chi connectivity index (χ1n) is 10.9.